The van der Waals surface area contributed by atoms with Gasteiger partial charge in [-0.1, -0.05) is 29.3 Å². The van der Waals surface area contributed by atoms with Crippen LogP contribution in [0, 0.1) is 6.92 Å². The average Bonchev–Trinajstić information content (AvgIpc) is 3.34. The van der Waals surface area contributed by atoms with Crippen molar-refractivity contribution in [3.8, 4) is 0 Å². The molecule has 3 rings (SSSR count). The first-order chi connectivity index (χ1) is 16.2. The van der Waals surface area contributed by atoms with Gasteiger partial charge in [0.25, 0.3) is 0 Å². The molecule has 2 heterocycles. The molecule has 3 aromatic rings. The molecule has 0 radical (unpaired) electrons. The van der Waals surface area contributed by atoms with Crippen LogP contribution in [0.2, 0.25) is 10.0 Å². The summed E-state index contributed by atoms with van der Waals surface area (Å²) < 4.78 is 11.8. The second-order valence-electron chi connectivity index (χ2n) is 6.78. The number of rotatable bonds is 8. The molecule has 13 heteroatoms. The summed E-state index contributed by atoms with van der Waals surface area (Å²) in [5, 5.41) is 11.7. The van der Waals surface area contributed by atoms with Gasteiger partial charge in [0, 0.05) is 10.0 Å². The van der Waals surface area contributed by atoms with Crippen LogP contribution in [0.5, 0.6) is 0 Å². The smallest absolute Gasteiger partial charge is 0.348 e. The lowest BCUT2D eigenvalue weighted by molar-refractivity contribution is 0.0527. The van der Waals surface area contributed by atoms with Gasteiger partial charge in [0.2, 0.25) is 5.95 Å². The van der Waals surface area contributed by atoms with Crippen molar-refractivity contribution in [1.29, 1.82) is 0 Å². The molecule has 0 aliphatic heterocycles. The van der Waals surface area contributed by atoms with E-state index in [2.05, 4.69) is 20.7 Å². The minimum atomic E-state index is -0.570. The zero-order valence-corrected chi connectivity index (χ0v) is 21.6. The third-order valence-corrected chi connectivity index (χ3v) is 6.40. The van der Waals surface area contributed by atoms with Crippen molar-refractivity contribution in [1.82, 2.24) is 14.8 Å². The monoisotopic (exact) mass is 541 g/mol. The minimum absolute atomic E-state index is 0.129. The summed E-state index contributed by atoms with van der Waals surface area (Å²) in [6.45, 7) is 5.84. The van der Waals surface area contributed by atoms with Gasteiger partial charge in [0.1, 0.15) is 16.2 Å². The van der Waals surface area contributed by atoms with E-state index < -0.39 is 11.9 Å². The molecule has 0 aliphatic rings. The van der Waals surface area contributed by atoms with Crippen molar-refractivity contribution >= 4 is 74.8 Å². The van der Waals surface area contributed by atoms with E-state index in [4.69, 9.17) is 44.9 Å². The van der Waals surface area contributed by atoms with Crippen LogP contribution in [-0.2, 0) is 16.0 Å². The molecule has 180 valence electrons. The van der Waals surface area contributed by atoms with Crippen molar-refractivity contribution in [2.45, 2.75) is 27.3 Å². The third kappa shape index (κ3) is 6.23. The SMILES string of the molecule is CCOC(=O)c1sc(NC(=S)Nc2ncn(Cc3ccc(Cl)cc3Cl)n2)c(C(=O)OCC)c1C. The number of thiocarbonyl (C=S) groups is 1. The summed E-state index contributed by atoms with van der Waals surface area (Å²) in [7, 11) is 0. The van der Waals surface area contributed by atoms with Gasteiger partial charge in [-0.3, -0.25) is 5.32 Å². The predicted molar refractivity (Wildman–Crippen MR) is 136 cm³/mol. The maximum atomic E-state index is 12.5. The van der Waals surface area contributed by atoms with Crippen molar-refractivity contribution in [3.63, 3.8) is 0 Å². The molecule has 1 aromatic carbocycles. The van der Waals surface area contributed by atoms with E-state index in [0.29, 0.717) is 27.2 Å². The Kier molecular flexibility index (Phi) is 8.84. The van der Waals surface area contributed by atoms with Gasteiger partial charge in [0.15, 0.2) is 5.11 Å². The summed E-state index contributed by atoms with van der Waals surface area (Å²) in [4.78, 5) is 29.3. The normalized spacial score (nSPS) is 10.6. The Morgan fingerprint density at radius 1 is 1.15 bits per heavy atom. The number of hydrogen-bond acceptors (Lipinski definition) is 8. The number of anilines is 2. The van der Waals surface area contributed by atoms with Crippen LogP contribution in [0.25, 0.3) is 0 Å². The molecule has 0 aliphatic carbocycles. The molecular formula is C21H21Cl2N5O4S2. The van der Waals surface area contributed by atoms with Gasteiger partial charge in [-0.15, -0.1) is 16.4 Å². The lowest BCUT2D eigenvalue weighted by Gasteiger charge is -2.09. The molecule has 34 heavy (non-hydrogen) atoms. The standard InChI is InChI=1S/C21H21Cl2N5O4S2/c1-4-31-18(29)15-11(3)16(19(30)32-5-2)34-17(15)25-21(33)26-20-24-10-28(27-20)9-12-6-7-13(22)8-14(12)23/h6-8,10H,4-5,9H2,1-3H3,(H2,25,26,27,33). The number of thiophene rings is 1. The number of aromatic nitrogens is 3. The highest BCUT2D eigenvalue weighted by molar-refractivity contribution is 7.80. The molecule has 0 atom stereocenters. The first-order valence-corrected chi connectivity index (χ1v) is 12.1. The highest BCUT2D eigenvalue weighted by Gasteiger charge is 2.27. The summed E-state index contributed by atoms with van der Waals surface area (Å²) in [6.07, 6.45) is 1.52. The highest BCUT2D eigenvalue weighted by Crippen LogP contribution is 2.34. The number of benzene rings is 1. The van der Waals surface area contributed by atoms with Crippen molar-refractivity contribution in [2.75, 3.05) is 23.8 Å². The number of ether oxygens (including phenoxy) is 2. The number of nitrogens with zero attached hydrogens (tertiary/aromatic N) is 3. The molecule has 0 saturated heterocycles. The van der Waals surface area contributed by atoms with Crippen LogP contribution in [0.4, 0.5) is 10.9 Å². The van der Waals surface area contributed by atoms with E-state index in [1.54, 1.807) is 37.6 Å². The number of nitrogens with one attached hydrogen (secondary N) is 2. The predicted octanol–water partition coefficient (Wildman–Crippen LogP) is 5.17. The molecular weight excluding hydrogens is 521 g/mol. The largest absolute Gasteiger partial charge is 0.462 e. The van der Waals surface area contributed by atoms with E-state index in [1.807, 2.05) is 6.07 Å². The Labute approximate surface area is 215 Å². The highest BCUT2D eigenvalue weighted by atomic mass is 35.5. The van der Waals surface area contributed by atoms with Crippen LogP contribution in [0.3, 0.4) is 0 Å². The van der Waals surface area contributed by atoms with Gasteiger partial charge in [-0.05, 0) is 56.2 Å². The molecule has 0 spiro atoms. The van der Waals surface area contributed by atoms with Crippen LogP contribution in [0.1, 0.15) is 45.0 Å². The second-order valence-corrected chi connectivity index (χ2v) is 9.05. The van der Waals surface area contributed by atoms with Gasteiger partial charge in [-0.25, -0.2) is 19.3 Å². The van der Waals surface area contributed by atoms with E-state index in [1.165, 1.54) is 6.33 Å². The maximum Gasteiger partial charge on any atom is 0.348 e. The Balaban J connectivity index is 1.75. The first-order valence-electron chi connectivity index (χ1n) is 10.1. The van der Waals surface area contributed by atoms with E-state index >= 15 is 0 Å². The Morgan fingerprint density at radius 2 is 1.85 bits per heavy atom. The summed E-state index contributed by atoms with van der Waals surface area (Å²) in [6, 6.07) is 5.21. The minimum Gasteiger partial charge on any atom is -0.462 e. The lowest BCUT2D eigenvalue weighted by Crippen LogP contribution is -2.21. The Hall–Kier alpha value is -2.73. The fourth-order valence-corrected chi connectivity index (χ4v) is 4.75. The molecule has 9 nitrogen and oxygen atoms in total. The van der Waals surface area contributed by atoms with Crippen LogP contribution in [-0.4, -0.2) is 45.0 Å². The fourth-order valence-electron chi connectivity index (χ4n) is 2.93. The van der Waals surface area contributed by atoms with Crippen molar-refractivity contribution in [2.24, 2.45) is 0 Å². The lowest BCUT2D eigenvalue weighted by atomic mass is 10.1. The summed E-state index contributed by atoms with van der Waals surface area (Å²) in [5.41, 5.74) is 1.49. The number of halogens is 2. The molecule has 2 aromatic heterocycles. The van der Waals surface area contributed by atoms with Crippen LogP contribution >= 0.6 is 46.8 Å². The number of carbonyl (C=O) groups excluding carboxylic acids is 2. The Bertz CT molecular complexity index is 1230. The number of carbonyl (C=O) groups is 2. The zero-order valence-electron chi connectivity index (χ0n) is 18.5. The fraction of sp³-hybridized carbons (Fsp3) is 0.286. The second kappa shape index (κ2) is 11.6. The number of hydrogen-bond donors (Lipinski definition) is 2. The van der Waals surface area contributed by atoms with E-state index in [0.717, 1.165) is 16.9 Å². The average molecular weight is 542 g/mol. The van der Waals surface area contributed by atoms with Crippen molar-refractivity contribution < 1.29 is 19.1 Å². The van der Waals surface area contributed by atoms with Gasteiger partial charge >= 0.3 is 11.9 Å². The van der Waals surface area contributed by atoms with E-state index in [-0.39, 0.29) is 34.7 Å². The van der Waals surface area contributed by atoms with Crippen LogP contribution in [0.15, 0.2) is 24.5 Å². The van der Waals surface area contributed by atoms with Gasteiger partial charge in [0.05, 0.1) is 25.3 Å². The van der Waals surface area contributed by atoms with Crippen molar-refractivity contribution in [3.05, 3.63) is 56.1 Å². The zero-order chi connectivity index (χ0) is 24.8. The van der Waals surface area contributed by atoms with Gasteiger partial charge < -0.3 is 14.8 Å². The molecule has 0 amide bonds. The maximum absolute atomic E-state index is 12.5. The molecule has 0 fully saturated rings. The van der Waals surface area contributed by atoms with Gasteiger partial charge in [-0.2, -0.15) is 0 Å². The number of esters is 2. The molecule has 0 unspecified atom stereocenters. The Morgan fingerprint density at radius 3 is 2.53 bits per heavy atom. The van der Waals surface area contributed by atoms with Crippen LogP contribution < -0.4 is 10.6 Å². The quantitative estimate of drug-likeness (QED) is 0.295. The third-order valence-electron chi connectivity index (χ3n) is 4.42. The topological polar surface area (TPSA) is 107 Å². The molecule has 0 bridgehead atoms. The summed E-state index contributed by atoms with van der Waals surface area (Å²) >= 11 is 18.6. The van der Waals surface area contributed by atoms with E-state index in [9.17, 15) is 9.59 Å². The molecule has 2 N–H and O–H groups in total. The first kappa shape index (κ1) is 25.9. The summed E-state index contributed by atoms with van der Waals surface area (Å²) in [5.74, 6) is -0.859. The molecule has 0 saturated carbocycles.